The third-order valence-corrected chi connectivity index (χ3v) is 4.33. The van der Waals surface area contributed by atoms with Crippen LogP contribution in [0.5, 0.6) is 0 Å². The molecule has 0 radical (unpaired) electrons. The third kappa shape index (κ3) is 6.66. The van der Waals surface area contributed by atoms with E-state index < -0.39 is 84.3 Å². The molecular weight excluding hydrogens is 742 g/mol. The highest BCUT2D eigenvalue weighted by Crippen LogP contribution is 2.58. The summed E-state index contributed by atoms with van der Waals surface area (Å²) in [5.41, 5.74) is -16.0. The quantitative estimate of drug-likeness (QED) is 0.192. The SMILES string of the molecule is O=C(OC(F)(F)C(F)(OC(F)(C(F)(F)F)C(F)(F)OC(=O)C(F)(C(F)(F)F)C(F)(F)F)C(F)(F)F)C(F)(C(F)(F)F)C(F)(F)F. The molecule has 0 saturated carbocycles. The predicted molar refractivity (Wildman–Crippen MR) is 74.8 cm³/mol. The number of rotatable bonds is 8. The Balaban J connectivity index is 7.39. The second kappa shape index (κ2) is 10.8. The maximum absolute atomic E-state index is 14.2. The first-order valence-corrected chi connectivity index (χ1v) is 9.05. The van der Waals surface area contributed by atoms with Crippen LogP contribution in [0.2, 0.25) is 0 Å². The summed E-state index contributed by atoms with van der Waals surface area (Å²) < 4.78 is 340. The molecule has 45 heavy (non-hydrogen) atoms. The van der Waals surface area contributed by atoms with E-state index in [0.29, 0.717) is 0 Å². The molecule has 2 atom stereocenters. The Bertz CT molecular complexity index is 990. The van der Waals surface area contributed by atoms with Crippen LogP contribution in [0, 0.1) is 0 Å². The lowest BCUT2D eigenvalue weighted by Crippen LogP contribution is -2.71. The van der Waals surface area contributed by atoms with Crippen molar-refractivity contribution in [1.82, 2.24) is 0 Å². The average molecular weight is 742 g/mol. The lowest BCUT2D eigenvalue weighted by atomic mass is 10.1. The van der Waals surface area contributed by atoms with Crippen molar-refractivity contribution >= 4 is 11.9 Å². The normalized spacial score (nSPS) is 18.2. The van der Waals surface area contributed by atoms with Crippen molar-refractivity contribution in [2.24, 2.45) is 0 Å². The van der Waals surface area contributed by atoms with Crippen LogP contribution in [0.1, 0.15) is 0 Å². The van der Waals surface area contributed by atoms with E-state index in [1.807, 2.05) is 0 Å². The molecule has 0 aliphatic heterocycles. The van der Waals surface area contributed by atoms with E-state index in [9.17, 15) is 124 Å². The fraction of sp³-hybridized carbons (Fsp3) is 0.857. The van der Waals surface area contributed by atoms with Gasteiger partial charge in [-0.3, -0.25) is 4.74 Å². The molecule has 0 aliphatic carbocycles. The van der Waals surface area contributed by atoms with Crippen molar-refractivity contribution in [3.63, 3.8) is 0 Å². The zero-order valence-electron chi connectivity index (χ0n) is 18.9. The smallest absolute Gasteiger partial charge is 0.393 e. The highest BCUT2D eigenvalue weighted by Gasteiger charge is 2.89. The highest BCUT2D eigenvalue weighted by atomic mass is 19.4. The maximum atomic E-state index is 14.2. The Hall–Kier alpha value is -2.92. The number of alkyl halides is 26. The first-order valence-electron chi connectivity index (χ1n) is 9.05. The predicted octanol–water partition coefficient (Wildman–Crippen LogP) is 7.40. The van der Waals surface area contributed by atoms with E-state index in [0.717, 1.165) is 4.74 Å². The first-order chi connectivity index (χ1) is 19.0. The Labute approximate surface area is 223 Å². The van der Waals surface area contributed by atoms with Crippen LogP contribution in [-0.2, 0) is 23.8 Å². The van der Waals surface area contributed by atoms with Crippen LogP contribution in [0.4, 0.5) is 114 Å². The van der Waals surface area contributed by atoms with Crippen molar-refractivity contribution in [2.45, 2.75) is 72.3 Å². The van der Waals surface area contributed by atoms with Gasteiger partial charge in [0.05, 0.1) is 0 Å². The molecule has 0 aliphatic rings. The average Bonchev–Trinajstić information content (AvgIpc) is 2.71. The molecular formula is C14F26O5. The molecule has 0 amide bonds. The summed E-state index contributed by atoms with van der Waals surface area (Å²) in [6.07, 6.45) is -66.4. The van der Waals surface area contributed by atoms with E-state index in [1.54, 1.807) is 0 Å². The molecule has 0 aromatic carbocycles. The van der Waals surface area contributed by atoms with Gasteiger partial charge < -0.3 is 9.47 Å². The number of ether oxygens (including phenoxy) is 3. The molecule has 0 heterocycles. The van der Waals surface area contributed by atoms with E-state index in [2.05, 4.69) is 0 Å². The molecule has 0 N–H and O–H groups in total. The number of hydrogen-bond donors (Lipinski definition) is 0. The Kier molecular flexibility index (Phi) is 10.1. The van der Waals surface area contributed by atoms with Crippen LogP contribution < -0.4 is 0 Å². The van der Waals surface area contributed by atoms with Gasteiger partial charge in [-0.2, -0.15) is 105 Å². The summed E-state index contributed by atoms with van der Waals surface area (Å²) in [4.78, 5) is 21.7. The summed E-state index contributed by atoms with van der Waals surface area (Å²) in [7, 11) is 0. The van der Waals surface area contributed by atoms with Gasteiger partial charge in [0.25, 0.3) is 0 Å². The lowest BCUT2D eigenvalue weighted by molar-refractivity contribution is -0.540. The standard InChI is InChI=1S/C14F26O5/c15-3(7(19,20)21,8(22,23)24)1(41)43-13(37,38)5(17,11(31,32)33)45-6(18,12(34,35)36)14(39,40)44-2(42)4(16,9(25,26)27)10(28,29)30. The molecule has 0 spiro atoms. The molecule has 0 aromatic heterocycles. The van der Waals surface area contributed by atoms with Crippen LogP contribution in [-0.4, -0.2) is 84.3 Å². The number of halogens is 26. The Morgan fingerprint density at radius 1 is 0.311 bits per heavy atom. The van der Waals surface area contributed by atoms with Gasteiger partial charge in [0, 0.05) is 0 Å². The van der Waals surface area contributed by atoms with Gasteiger partial charge in [-0.25, -0.2) is 18.4 Å². The van der Waals surface area contributed by atoms with Crippen molar-refractivity contribution < 1.29 is 138 Å². The van der Waals surface area contributed by atoms with E-state index >= 15 is 0 Å². The largest absolute Gasteiger partial charge is 0.471 e. The van der Waals surface area contributed by atoms with Crippen LogP contribution in [0.25, 0.3) is 0 Å². The third-order valence-electron chi connectivity index (χ3n) is 4.33. The van der Waals surface area contributed by atoms with Gasteiger partial charge >= 0.3 is 84.3 Å². The summed E-state index contributed by atoms with van der Waals surface area (Å²) in [6.45, 7) is 0. The zero-order valence-corrected chi connectivity index (χ0v) is 18.9. The molecule has 0 aromatic rings. The number of esters is 2. The molecule has 268 valence electrons. The molecule has 0 fully saturated rings. The van der Waals surface area contributed by atoms with E-state index in [1.165, 1.54) is 9.47 Å². The zero-order chi connectivity index (χ0) is 37.3. The van der Waals surface area contributed by atoms with Crippen molar-refractivity contribution in [3.8, 4) is 0 Å². The van der Waals surface area contributed by atoms with Crippen molar-refractivity contribution in [3.05, 3.63) is 0 Å². The van der Waals surface area contributed by atoms with Crippen LogP contribution >= 0.6 is 0 Å². The molecule has 0 bridgehead atoms. The number of hydrogen-bond acceptors (Lipinski definition) is 5. The minimum atomic E-state index is -8.87. The van der Waals surface area contributed by atoms with Crippen LogP contribution in [0.15, 0.2) is 0 Å². The molecule has 0 saturated heterocycles. The summed E-state index contributed by atoms with van der Waals surface area (Å²) in [5, 5.41) is 0. The molecule has 0 rings (SSSR count). The maximum Gasteiger partial charge on any atom is 0.471 e. The molecule has 2 unspecified atom stereocenters. The van der Waals surface area contributed by atoms with Crippen molar-refractivity contribution in [2.75, 3.05) is 0 Å². The minimum Gasteiger partial charge on any atom is -0.393 e. The second-order valence-corrected chi connectivity index (χ2v) is 7.41. The van der Waals surface area contributed by atoms with Gasteiger partial charge in [-0.15, -0.1) is 0 Å². The Morgan fingerprint density at radius 3 is 0.622 bits per heavy atom. The summed E-state index contributed by atoms with van der Waals surface area (Å²) in [5.74, 6) is -28.8. The summed E-state index contributed by atoms with van der Waals surface area (Å²) in [6, 6.07) is 0. The topological polar surface area (TPSA) is 61.8 Å². The fourth-order valence-electron chi connectivity index (χ4n) is 2.05. The number of carbonyl (C=O) groups is 2. The highest BCUT2D eigenvalue weighted by molar-refractivity contribution is 5.82. The van der Waals surface area contributed by atoms with Gasteiger partial charge in [-0.1, -0.05) is 0 Å². The van der Waals surface area contributed by atoms with Crippen molar-refractivity contribution in [1.29, 1.82) is 0 Å². The van der Waals surface area contributed by atoms with Gasteiger partial charge in [0.2, 0.25) is 0 Å². The van der Waals surface area contributed by atoms with Gasteiger partial charge in [0.1, 0.15) is 0 Å². The van der Waals surface area contributed by atoms with Gasteiger partial charge in [0.15, 0.2) is 0 Å². The monoisotopic (exact) mass is 742 g/mol. The minimum absolute atomic E-state index is 1.05. The summed E-state index contributed by atoms with van der Waals surface area (Å²) >= 11 is 0. The van der Waals surface area contributed by atoms with E-state index in [4.69, 9.17) is 0 Å². The lowest BCUT2D eigenvalue weighted by Gasteiger charge is -2.41. The van der Waals surface area contributed by atoms with E-state index in [-0.39, 0.29) is 0 Å². The van der Waals surface area contributed by atoms with Gasteiger partial charge in [-0.05, 0) is 0 Å². The first kappa shape index (κ1) is 42.1. The van der Waals surface area contributed by atoms with Crippen LogP contribution in [0.3, 0.4) is 0 Å². The Morgan fingerprint density at radius 2 is 0.489 bits per heavy atom. The second-order valence-electron chi connectivity index (χ2n) is 7.41. The number of carbonyl (C=O) groups excluding carboxylic acids is 2. The molecule has 5 nitrogen and oxygen atoms in total. The fourth-order valence-corrected chi connectivity index (χ4v) is 2.05. The molecule has 31 heteroatoms.